The van der Waals surface area contributed by atoms with Crippen molar-refractivity contribution < 1.29 is 48.0 Å². The van der Waals surface area contributed by atoms with Crippen LogP contribution in [-0.4, -0.2) is 94.9 Å². The van der Waals surface area contributed by atoms with E-state index in [1.807, 2.05) is 0 Å². The molecule has 1 saturated heterocycles. The molecule has 6 atom stereocenters. The van der Waals surface area contributed by atoms with Gasteiger partial charge in [-0.1, -0.05) is 0 Å². The molecule has 15 nitrogen and oxygen atoms in total. The molecule has 2 heterocycles. The molecule has 0 aliphatic carbocycles. The minimum atomic E-state index is -3.93. The Bertz CT molecular complexity index is 1050. The van der Waals surface area contributed by atoms with E-state index in [0.717, 1.165) is 11.7 Å². The Balaban J connectivity index is 2.54. The molecule has 17 heteroatoms. The summed E-state index contributed by atoms with van der Waals surface area (Å²) in [7, 11) is 2.48. The van der Waals surface area contributed by atoms with E-state index in [9.17, 15) is 29.2 Å². The molecule has 5 N–H and O–H groups in total. The van der Waals surface area contributed by atoms with Crippen LogP contribution >= 0.6 is 6.72 Å². The first-order valence-corrected chi connectivity index (χ1v) is 12.3. The second kappa shape index (κ2) is 12.1. The van der Waals surface area contributed by atoms with Crippen LogP contribution in [0.2, 0.25) is 0 Å². The van der Waals surface area contributed by atoms with Crippen LogP contribution in [0.15, 0.2) is 15.8 Å². The van der Waals surface area contributed by atoms with Crippen molar-refractivity contribution in [3.05, 3.63) is 32.6 Å². The third-order valence-corrected chi connectivity index (χ3v) is 6.42. The zero-order valence-corrected chi connectivity index (χ0v) is 20.1. The number of aromatic nitrogens is 2. The van der Waals surface area contributed by atoms with Gasteiger partial charge >= 0.3 is 18.4 Å². The van der Waals surface area contributed by atoms with Gasteiger partial charge in [-0.25, -0.2) is 9.59 Å². The first-order chi connectivity index (χ1) is 15.9. The summed E-state index contributed by atoms with van der Waals surface area (Å²) in [5, 5.41) is 20.5. The smallest absolute Gasteiger partial charge is 0.330 e. The largest absolute Gasteiger partial charge is 0.480 e. The normalized spacial score (nSPS) is 25.0. The first kappa shape index (κ1) is 28.2. The number of ether oxygens (including phenoxy) is 3. The van der Waals surface area contributed by atoms with Gasteiger partial charge in [0.1, 0.15) is 18.2 Å². The van der Waals surface area contributed by atoms with Gasteiger partial charge in [0.05, 0.1) is 19.8 Å². The summed E-state index contributed by atoms with van der Waals surface area (Å²) in [6, 6.07) is -1.68. The molecular formula is C17H26N3O12PS. The van der Waals surface area contributed by atoms with E-state index < -0.39 is 67.0 Å². The lowest BCUT2D eigenvalue weighted by Crippen LogP contribution is -2.51. The van der Waals surface area contributed by atoms with Gasteiger partial charge in [0.25, 0.3) is 11.5 Å². The standard InChI is InChI=1S/C17H26N3O12PS/c1-8-6-20(17(26)19-13(8)22)15-12(30-5-4-28-2)10(32-33(27,34)29-3)11(31-15)14(23)18-9(7-21)16(24)25/h6,9-12,15,21H,4-5,7H2,1-3H3,(H,18,23)(H,24,25)(H,27,34)(H,19,22,26)/t9?,10?,11-,12-,15-,33?/m0/s1. The maximum Gasteiger partial charge on any atom is 0.330 e. The molecule has 192 valence electrons. The van der Waals surface area contributed by atoms with Gasteiger partial charge in [-0.05, 0) is 18.7 Å². The second-order valence-corrected chi connectivity index (χ2v) is 9.95. The molecule has 0 radical (unpaired) electrons. The summed E-state index contributed by atoms with van der Waals surface area (Å²) in [6.07, 6.45) is -4.66. The molecule has 34 heavy (non-hydrogen) atoms. The van der Waals surface area contributed by atoms with Crippen LogP contribution in [0, 0.1) is 6.92 Å². The van der Waals surface area contributed by atoms with E-state index in [1.165, 1.54) is 20.2 Å². The van der Waals surface area contributed by atoms with Crippen molar-refractivity contribution in [2.24, 2.45) is 0 Å². The van der Waals surface area contributed by atoms with Crippen LogP contribution in [0.4, 0.5) is 0 Å². The fraction of sp³-hybridized carbons (Fsp3) is 0.647. The van der Waals surface area contributed by atoms with Gasteiger partial charge in [-0.2, -0.15) is 0 Å². The van der Waals surface area contributed by atoms with Crippen LogP contribution < -0.4 is 16.6 Å². The minimum absolute atomic E-state index is 0.0675. The maximum atomic E-state index is 12.9. The van der Waals surface area contributed by atoms with Crippen molar-refractivity contribution in [3.63, 3.8) is 0 Å². The monoisotopic (exact) mass is 527 g/mol. The number of carbonyl (C=O) groups excluding carboxylic acids is 1. The van der Waals surface area contributed by atoms with E-state index in [4.69, 9.17) is 40.2 Å². The summed E-state index contributed by atoms with van der Waals surface area (Å²) >= 11 is 4.88. The summed E-state index contributed by atoms with van der Waals surface area (Å²) in [4.78, 5) is 60.8. The van der Waals surface area contributed by atoms with Gasteiger partial charge in [-0.3, -0.25) is 23.7 Å². The molecule has 0 spiro atoms. The number of aliphatic carboxylic acids is 1. The number of nitrogens with one attached hydrogen (secondary N) is 2. The minimum Gasteiger partial charge on any atom is -0.480 e. The molecule has 1 aliphatic heterocycles. The van der Waals surface area contributed by atoms with E-state index in [0.29, 0.717) is 0 Å². The molecule has 1 aromatic rings. The number of aryl methyl sites for hydroxylation is 1. The molecule has 0 aromatic carbocycles. The topological polar surface area (TPSA) is 208 Å². The van der Waals surface area contributed by atoms with Crippen molar-refractivity contribution in [1.82, 2.24) is 14.9 Å². The predicted molar refractivity (Wildman–Crippen MR) is 117 cm³/mol. The van der Waals surface area contributed by atoms with Gasteiger partial charge in [0, 0.05) is 26.0 Å². The van der Waals surface area contributed by atoms with E-state index in [2.05, 4.69) is 10.3 Å². The lowest BCUT2D eigenvalue weighted by Gasteiger charge is -2.27. The number of aliphatic hydroxyl groups is 1. The van der Waals surface area contributed by atoms with Crippen molar-refractivity contribution in [1.29, 1.82) is 0 Å². The van der Waals surface area contributed by atoms with Crippen LogP contribution in [-0.2, 0) is 44.7 Å². The summed E-state index contributed by atoms with van der Waals surface area (Å²) < 4.78 is 27.6. The molecule has 1 aromatic heterocycles. The third kappa shape index (κ3) is 6.78. The molecule has 1 fully saturated rings. The van der Waals surface area contributed by atoms with Crippen LogP contribution in [0.5, 0.6) is 0 Å². The lowest BCUT2D eigenvalue weighted by atomic mass is 10.1. The average molecular weight is 527 g/mol. The number of aromatic amines is 1. The van der Waals surface area contributed by atoms with E-state index in [-0.39, 0.29) is 18.8 Å². The highest BCUT2D eigenvalue weighted by Crippen LogP contribution is 2.48. The Labute approximate surface area is 197 Å². The highest BCUT2D eigenvalue weighted by molar-refractivity contribution is 8.07. The van der Waals surface area contributed by atoms with E-state index >= 15 is 0 Å². The van der Waals surface area contributed by atoms with Gasteiger partial charge in [0.2, 0.25) is 0 Å². The number of nitrogens with zero attached hydrogens (tertiary/aromatic N) is 1. The van der Waals surface area contributed by atoms with E-state index in [1.54, 1.807) is 0 Å². The third-order valence-electron chi connectivity index (χ3n) is 4.75. The number of carboxylic acids is 1. The number of methoxy groups -OCH3 is 1. The van der Waals surface area contributed by atoms with Gasteiger partial charge < -0.3 is 39.2 Å². The Morgan fingerprint density at radius 1 is 1.32 bits per heavy atom. The summed E-state index contributed by atoms with van der Waals surface area (Å²) in [5.74, 6) is -2.58. The van der Waals surface area contributed by atoms with Gasteiger partial charge in [0.15, 0.2) is 12.3 Å². The Morgan fingerprint density at radius 3 is 2.56 bits per heavy atom. The Morgan fingerprint density at radius 2 is 2.00 bits per heavy atom. The van der Waals surface area contributed by atoms with Crippen molar-refractivity contribution in [3.8, 4) is 0 Å². The van der Waals surface area contributed by atoms with Crippen molar-refractivity contribution >= 4 is 30.4 Å². The first-order valence-electron chi connectivity index (χ1n) is 9.74. The summed E-state index contributed by atoms with van der Waals surface area (Å²) in [6.45, 7) is -3.40. The number of hydrogen-bond acceptors (Lipinski definition) is 11. The predicted octanol–water partition coefficient (Wildman–Crippen LogP) is -2.42. The number of hydrogen-bond donors (Lipinski definition) is 5. The number of amides is 1. The number of aliphatic hydroxyl groups excluding tert-OH is 1. The van der Waals surface area contributed by atoms with Crippen LogP contribution in [0.25, 0.3) is 0 Å². The Hall–Kier alpha value is -2.01. The molecule has 2 rings (SSSR count). The molecule has 3 unspecified atom stereocenters. The maximum absolute atomic E-state index is 12.9. The summed E-state index contributed by atoms with van der Waals surface area (Å²) in [5.41, 5.74) is -1.40. The SMILES string of the molecule is COCCO[C@H]1C(OP(O)(=S)OC)[C@@H](C(=O)NC(CO)C(=O)O)O[C@@H]1n1cc(C)c(=O)[nH]c1=O. The lowest BCUT2D eigenvalue weighted by molar-refractivity contribution is -0.147. The second-order valence-electron chi connectivity index (χ2n) is 7.06. The number of H-pyrrole nitrogens is 1. The van der Waals surface area contributed by atoms with Crippen LogP contribution in [0.3, 0.4) is 0 Å². The fourth-order valence-electron chi connectivity index (χ4n) is 3.05. The van der Waals surface area contributed by atoms with Gasteiger partial charge in [-0.15, -0.1) is 0 Å². The average Bonchev–Trinajstić information content (AvgIpc) is 3.11. The zero-order chi connectivity index (χ0) is 25.6. The molecular weight excluding hydrogens is 501 g/mol. The number of rotatable bonds is 12. The molecule has 0 saturated carbocycles. The highest BCUT2D eigenvalue weighted by Gasteiger charge is 2.53. The molecule has 1 aliphatic rings. The van der Waals surface area contributed by atoms with Crippen molar-refractivity contribution in [2.45, 2.75) is 37.5 Å². The molecule has 1 amide bonds. The number of carboxylic acid groups (broad SMARTS) is 1. The van der Waals surface area contributed by atoms with Crippen molar-refractivity contribution in [2.75, 3.05) is 34.0 Å². The van der Waals surface area contributed by atoms with Crippen LogP contribution in [0.1, 0.15) is 11.8 Å². The zero-order valence-electron chi connectivity index (χ0n) is 18.4. The highest BCUT2D eigenvalue weighted by atomic mass is 32.5. The molecule has 0 bridgehead atoms. The fourth-order valence-corrected chi connectivity index (χ4v) is 3.97. The number of carbonyl (C=O) groups is 2. The quantitative estimate of drug-likeness (QED) is 0.142. The Kier molecular flexibility index (Phi) is 10.0.